The van der Waals surface area contributed by atoms with Crippen LogP contribution in [0.2, 0.25) is 0 Å². The molecule has 2 saturated heterocycles. The molecule has 2 aliphatic rings. The van der Waals surface area contributed by atoms with Gasteiger partial charge in [0.1, 0.15) is 5.82 Å². The van der Waals surface area contributed by atoms with Crippen LogP contribution < -0.4 is 15.5 Å². The number of rotatable bonds is 7. The third-order valence-electron chi connectivity index (χ3n) is 5.99. The molecule has 0 saturated carbocycles. The lowest BCUT2D eigenvalue weighted by Crippen LogP contribution is -2.37. The Labute approximate surface area is 185 Å². The largest absolute Gasteiger partial charge is 0.379 e. The first-order valence-corrected chi connectivity index (χ1v) is 11.3. The van der Waals surface area contributed by atoms with Crippen molar-refractivity contribution in [1.29, 1.82) is 0 Å². The van der Waals surface area contributed by atoms with E-state index in [1.165, 1.54) is 24.0 Å². The molecule has 7 nitrogen and oxygen atoms in total. The van der Waals surface area contributed by atoms with Gasteiger partial charge in [0.2, 0.25) is 0 Å². The first-order valence-electron chi connectivity index (χ1n) is 11.3. The highest BCUT2D eigenvalue weighted by Gasteiger charge is 2.14. The number of guanidine groups is 1. The maximum absolute atomic E-state index is 5.47. The lowest BCUT2D eigenvalue weighted by molar-refractivity contribution is 0.0341. The van der Waals surface area contributed by atoms with E-state index in [-0.39, 0.29) is 0 Å². The maximum atomic E-state index is 5.47. The summed E-state index contributed by atoms with van der Waals surface area (Å²) in [6.07, 6.45) is 4.50. The molecule has 0 bridgehead atoms. The zero-order chi connectivity index (χ0) is 21.3. The number of pyridine rings is 1. The molecule has 2 aromatic rings. The van der Waals surface area contributed by atoms with Gasteiger partial charge in [0.05, 0.1) is 13.2 Å². The Kier molecular flexibility index (Phi) is 7.74. The van der Waals surface area contributed by atoms with Gasteiger partial charge in [-0.3, -0.25) is 9.89 Å². The average molecular weight is 423 g/mol. The summed E-state index contributed by atoms with van der Waals surface area (Å²) < 4.78 is 5.47. The van der Waals surface area contributed by atoms with Gasteiger partial charge in [0.15, 0.2) is 5.96 Å². The molecule has 166 valence electrons. The van der Waals surface area contributed by atoms with Gasteiger partial charge in [-0.25, -0.2) is 4.98 Å². The summed E-state index contributed by atoms with van der Waals surface area (Å²) >= 11 is 0. The number of benzene rings is 1. The number of hydrogen-bond donors (Lipinski definition) is 2. The van der Waals surface area contributed by atoms with Crippen molar-refractivity contribution >= 4 is 11.8 Å². The van der Waals surface area contributed by atoms with Gasteiger partial charge in [-0.1, -0.05) is 30.3 Å². The van der Waals surface area contributed by atoms with Crippen LogP contribution in [0.1, 0.15) is 29.5 Å². The van der Waals surface area contributed by atoms with E-state index in [4.69, 9.17) is 4.74 Å². The Morgan fingerprint density at radius 2 is 1.71 bits per heavy atom. The molecule has 2 aliphatic heterocycles. The van der Waals surface area contributed by atoms with Crippen LogP contribution in [0.15, 0.2) is 47.6 Å². The van der Waals surface area contributed by atoms with Gasteiger partial charge < -0.3 is 20.3 Å². The second kappa shape index (κ2) is 11.1. The smallest absolute Gasteiger partial charge is 0.191 e. The molecule has 4 rings (SSSR count). The molecule has 0 amide bonds. The minimum Gasteiger partial charge on any atom is -0.379 e. The molecule has 0 radical (unpaired) electrons. The van der Waals surface area contributed by atoms with E-state index in [1.807, 2.05) is 13.2 Å². The summed E-state index contributed by atoms with van der Waals surface area (Å²) in [5.41, 5.74) is 3.81. The first-order chi connectivity index (χ1) is 15.3. The number of hydrogen-bond acceptors (Lipinski definition) is 5. The number of nitrogens with one attached hydrogen (secondary N) is 2. The average Bonchev–Trinajstić information content (AvgIpc) is 3.36. The van der Waals surface area contributed by atoms with Crippen LogP contribution >= 0.6 is 0 Å². The van der Waals surface area contributed by atoms with Gasteiger partial charge >= 0.3 is 0 Å². The van der Waals surface area contributed by atoms with Gasteiger partial charge in [-0.15, -0.1) is 0 Å². The van der Waals surface area contributed by atoms with E-state index >= 15 is 0 Å². The summed E-state index contributed by atoms with van der Waals surface area (Å²) in [5, 5.41) is 6.86. The van der Waals surface area contributed by atoms with Crippen molar-refractivity contribution < 1.29 is 4.74 Å². The summed E-state index contributed by atoms with van der Waals surface area (Å²) in [6.45, 7) is 8.28. The van der Waals surface area contributed by atoms with Gasteiger partial charge in [-0.05, 0) is 35.6 Å². The lowest BCUT2D eigenvalue weighted by Gasteiger charge is -2.27. The second-order valence-electron chi connectivity index (χ2n) is 8.16. The topological polar surface area (TPSA) is 65.0 Å². The zero-order valence-corrected chi connectivity index (χ0v) is 18.5. The number of morpholine rings is 1. The highest BCUT2D eigenvalue weighted by atomic mass is 16.5. The van der Waals surface area contributed by atoms with Crippen LogP contribution in [-0.2, 0) is 24.4 Å². The summed E-state index contributed by atoms with van der Waals surface area (Å²) in [6, 6.07) is 12.9. The van der Waals surface area contributed by atoms with Crippen molar-refractivity contribution in [2.45, 2.75) is 32.5 Å². The molecule has 2 fully saturated rings. The molecule has 1 aromatic heterocycles. The monoisotopic (exact) mass is 422 g/mol. The second-order valence-corrected chi connectivity index (χ2v) is 8.16. The van der Waals surface area contributed by atoms with E-state index in [9.17, 15) is 0 Å². The Balaban J connectivity index is 1.28. The molecule has 0 aliphatic carbocycles. The van der Waals surface area contributed by atoms with E-state index in [0.29, 0.717) is 6.54 Å². The van der Waals surface area contributed by atoms with E-state index in [1.54, 1.807) is 0 Å². The standard InChI is InChI=1S/C24H34N6O/c1-25-24(27-17-20-8-9-23(26-16-20)30-10-4-5-11-30)28-18-21-6-2-3-7-22(21)19-29-12-14-31-15-13-29/h2-3,6-9,16H,4-5,10-15,17-19H2,1H3,(H2,25,27,28). The van der Waals surface area contributed by atoms with Crippen molar-refractivity contribution in [2.75, 3.05) is 51.3 Å². The number of anilines is 1. The Morgan fingerprint density at radius 1 is 0.968 bits per heavy atom. The van der Waals surface area contributed by atoms with Crippen LogP contribution in [0.25, 0.3) is 0 Å². The molecule has 1 aromatic carbocycles. The summed E-state index contributed by atoms with van der Waals surface area (Å²) in [5.74, 6) is 1.88. The Bertz CT molecular complexity index is 841. The maximum Gasteiger partial charge on any atom is 0.191 e. The molecular weight excluding hydrogens is 388 g/mol. The molecule has 0 atom stereocenters. The number of aliphatic imine (C=N–C) groups is 1. The summed E-state index contributed by atoms with van der Waals surface area (Å²) in [4.78, 5) is 13.8. The summed E-state index contributed by atoms with van der Waals surface area (Å²) in [7, 11) is 1.81. The predicted molar refractivity (Wildman–Crippen MR) is 125 cm³/mol. The lowest BCUT2D eigenvalue weighted by atomic mass is 10.1. The molecule has 3 heterocycles. The van der Waals surface area contributed by atoms with Crippen molar-refractivity contribution in [2.24, 2.45) is 4.99 Å². The fraction of sp³-hybridized carbons (Fsp3) is 0.500. The molecule has 31 heavy (non-hydrogen) atoms. The Morgan fingerprint density at radius 3 is 2.42 bits per heavy atom. The van der Waals surface area contributed by atoms with E-state index in [0.717, 1.165) is 69.8 Å². The highest BCUT2D eigenvalue weighted by molar-refractivity contribution is 5.79. The van der Waals surface area contributed by atoms with Crippen LogP contribution in [0.5, 0.6) is 0 Å². The quantitative estimate of drug-likeness (QED) is 0.528. The SMILES string of the molecule is CN=C(NCc1ccc(N2CCCC2)nc1)NCc1ccccc1CN1CCOCC1. The van der Waals surface area contributed by atoms with Crippen molar-refractivity contribution in [3.8, 4) is 0 Å². The van der Waals surface area contributed by atoms with Crippen molar-refractivity contribution in [3.05, 3.63) is 59.3 Å². The van der Waals surface area contributed by atoms with Crippen LogP contribution in [0.4, 0.5) is 5.82 Å². The Hall–Kier alpha value is -2.64. The van der Waals surface area contributed by atoms with Gasteiger partial charge in [-0.2, -0.15) is 0 Å². The number of nitrogens with zero attached hydrogens (tertiary/aromatic N) is 4. The van der Waals surface area contributed by atoms with Crippen molar-refractivity contribution in [1.82, 2.24) is 20.5 Å². The molecule has 0 spiro atoms. The van der Waals surface area contributed by atoms with E-state index in [2.05, 4.69) is 66.8 Å². The van der Waals surface area contributed by atoms with E-state index < -0.39 is 0 Å². The molecule has 2 N–H and O–H groups in total. The van der Waals surface area contributed by atoms with Crippen molar-refractivity contribution in [3.63, 3.8) is 0 Å². The fourth-order valence-corrected chi connectivity index (χ4v) is 4.12. The first kappa shape index (κ1) is 21.6. The van der Waals surface area contributed by atoms with Crippen LogP contribution in [-0.4, -0.2) is 62.3 Å². The number of aromatic nitrogens is 1. The van der Waals surface area contributed by atoms with Gasteiger partial charge in [0, 0.05) is 59.1 Å². The zero-order valence-electron chi connectivity index (χ0n) is 18.5. The number of ether oxygens (including phenoxy) is 1. The molecule has 7 heteroatoms. The fourth-order valence-electron chi connectivity index (χ4n) is 4.12. The minimum atomic E-state index is 0.697. The normalized spacial score (nSPS) is 17.7. The molecular formula is C24H34N6O. The third-order valence-corrected chi connectivity index (χ3v) is 5.99. The minimum absolute atomic E-state index is 0.697. The van der Waals surface area contributed by atoms with Crippen LogP contribution in [0, 0.1) is 0 Å². The van der Waals surface area contributed by atoms with Gasteiger partial charge in [0.25, 0.3) is 0 Å². The third kappa shape index (κ3) is 6.18. The highest BCUT2D eigenvalue weighted by Crippen LogP contribution is 2.17. The molecule has 0 unspecified atom stereocenters. The van der Waals surface area contributed by atoms with Crippen LogP contribution in [0.3, 0.4) is 0 Å². The predicted octanol–water partition coefficient (Wildman–Crippen LogP) is 2.38.